The van der Waals surface area contributed by atoms with E-state index in [1.807, 2.05) is 6.92 Å². The van der Waals surface area contributed by atoms with Crippen molar-refractivity contribution in [3.63, 3.8) is 0 Å². The van der Waals surface area contributed by atoms with Gasteiger partial charge < -0.3 is 0 Å². The van der Waals surface area contributed by atoms with E-state index < -0.39 is 7.94 Å². The van der Waals surface area contributed by atoms with Crippen LogP contribution >= 0.6 is 7.94 Å². The fourth-order valence-corrected chi connectivity index (χ4v) is 6.89. The van der Waals surface area contributed by atoms with Gasteiger partial charge in [-0.3, -0.25) is 0 Å². The van der Waals surface area contributed by atoms with E-state index in [-0.39, 0.29) is 16.5 Å². The molecule has 1 saturated heterocycles. The summed E-state index contributed by atoms with van der Waals surface area (Å²) in [5.74, 6) is 0. The molecule has 2 aliphatic rings. The van der Waals surface area contributed by atoms with E-state index in [1.54, 1.807) is 0 Å². The van der Waals surface area contributed by atoms with Crippen molar-refractivity contribution < 1.29 is 13.9 Å². The first-order chi connectivity index (χ1) is 15.5. The Hall–Kier alpha value is -1.51. The standard InChI is InChI=1S/C29H40O3P/c1-21(25-13-14-26-27(19-25)29(5,6)16-15-28(26,3)4)18-23-9-11-24(12-10-23)20-32-33(30)22(2)8-7-17-31-33/h9-14,18-19,22,30H,7-8,15-17,20H2,1-6H3/q+1. The number of benzene rings is 2. The normalized spacial score (nSPS) is 26.6. The molecule has 3 nitrogen and oxygen atoms in total. The lowest BCUT2D eigenvalue weighted by atomic mass is 9.63. The second-order valence-corrected chi connectivity index (χ2v) is 13.8. The van der Waals surface area contributed by atoms with Gasteiger partial charge >= 0.3 is 7.94 Å². The van der Waals surface area contributed by atoms with Crippen LogP contribution in [-0.2, 0) is 26.5 Å². The molecule has 0 radical (unpaired) electrons. The maximum absolute atomic E-state index is 10.7. The topological polar surface area (TPSA) is 38.7 Å². The number of rotatable bonds is 5. The highest BCUT2D eigenvalue weighted by atomic mass is 31.2. The second-order valence-electron chi connectivity index (χ2n) is 11.3. The molecule has 1 heterocycles. The SMILES string of the molecule is CC(=Cc1ccc(CO[P+]2(O)OCCCC2C)cc1)c1ccc2c(c1)C(C)(C)CCC2(C)C. The van der Waals surface area contributed by atoms with E-state index in [9.17, 15) is 4.89 Å². The van der Waals surface area contributed by atoms with Crippen LogP contribution in [0.2, 0.25) is 0 Å². The van der Waals surface area contributed by atoms with Gasteiger partial charge in [-0.25, -0.2) is 0 Å². The minimum Gasteiger partial charge on any atom is -0.192 e. The van der Waals surface area contributed by atoms with Crippen molar-refractivity contribution in [2.75, 3.05) is 6.61 Å². The Morgan fingerprint density at radius 1 is 1.06 bits per heavy atom. The summed E-state index contributed by atoms with van der Waals surface area (Å²) in [5, 5.41) is 0. The van der Waals surface area contributed by atoms with Gasteiger partial charge in [-0.05, 0) is 83.8 Å². The molecule has 0 spiro atoms. The van der Waals surface area contributed by atoms with Gasteiger partial charge in [0.05, 0.1) is 6.61 Å². The Morgan fingerprint density at radius 3 is 2.39 bits per heavy atom. The molecule has 2 atom stereocenters. The quantitative estimate of drug-likeness (QED) is 0.357. The number of hydrogen-bond acceptors (Lipinski definition) is 3. The van der Waals surface area contributed by atoms with Gasteiger partial charge in [0.15, 0.2) is 0 Å². The van der Waals surface area contributed by atoms with Gasteiger partial charge in [-0.1, -0.05) is 76.2 Å². The number of hydrogen-bond donors (Lipinski definition) is 1. The summed E-state index contributed by atoms with van der Waals surface area (Å²) < 4.78 is 11.5. The highest BCUT2D eigenvalue weighted by Gasteiger charge is 2.49. The van der Waals surface area contributed by atoms with E-state index in [4.69, 9.17) is 9.05 Å². The first-order valence-corrected chi connectivity index (χ1v) is 14.0. The van der Waals surface area contributed by atoms with Crippen molar-refractivity contribution >= 4 is 19.6 Å². The Labute approximate surface area is 200 Å². The monoisotopic (exact) mass is 467 g/mol. The van der Waals surface area contributed by atoms with Crippen LogP contribution < -0.4 is 0 Å². The van der Waals surface area contributed by atoms with Crippen LogP contribution in [0.5, 0.6) is 0 Å². The van der Waals surface area contributed by atoms with E-state index >= 15 is 0 Å². The fourth-order valence-electron chi connectivity index (χ4n) is 5.07. The summed E-state index contributed by atoms with van der Waals surface area (Å²) in [7, 11) is -2.74. The Kier molecular flexibility index (Phi) is 6.91. The summed E-state index contributed by atoms with van der Waals surface area (Å²) >= 11 is 0. The third-order valence-electron chi connectivity index (χ3n) is 7.69. The fraction of sp³-hybridized carbons (Fsp3) is 0.517. The molecule has 0 aromatic heterocycles. The van der Waals surface area contributed by atoms with Crippen molar-refractivity contribution in [3.05, 3.63) is 70.3 Å². The third-order valence-corrected chi connectivity index (χ3v) is 10.1. The summed E-state index contributed by atoms with van der Waals surface area (Å²) in [6, 6.07) is 15.5. The smallest absolute Gasteiger partial charge is 0.192 e. The average Bonchev–Trinajstić information content (AvgIpc) is 2.78. The molecular weight excluding hydrogens is 427 g/mol. The average molecular weight is 468 g/mol. The van der Waals surface area contributed by atoms with Crippen molar-refractivity contribution in [1.29, 1.82) is 0 Å². The summed E-state index contributed by atoms with van der Waals surface area (Å²) in [4.78, 5) is 10.7. The van der Waals surface area contributed by atoms with Crippen LogP contribution in [0.3, 0.4) is 0 Å². The lowest BCUT2D eigenvalue weighted by molar-refractivity contribution is 0.142. The van der Waals surface area contributed by atoms with Gasteiger partial charge in [0.2, 0.25) is 0 Å². The van der Waals surface area contributed by atoms with Crippen molar-refractivity contribution in [2.45, 2.75) is 90.3 Å². The summed E-state index contributed by atoms with van der Waals surface area (Å²) in [6.07, 6.45) is 6.67. The lowest BCUT2D eigenvalue weighted by Crippen LogP contribution is -2.33. The molecule has 2 aromatic rings. The van der Waals surface area contributed by atoms with E-state index in [0.717, 1.165) is 18.4 Å². The highest BCUT2D eigenvalue weighted by Crippen LogP contribution is 2.64. The molecule has 2 unspecified atom stereocenters. The Balaban J connectivity index is 1.48. The lowest BCUT2D eigenvalue weighted by Gasteiger charge is -2.42. The minimum absolute atomic E-state index is 0.0864. The van der Waals surface area contributed by atoms with Gasteiger partial charge in [-0.2, -0.15) is 13.9 Å². The molecule has 0 bridgehead atoms. The molecule has 1 fully saturated rings. The molecule has 1 aliphatic carbocycles. The van der Waals surface area contributed by atoms with Crippen molar-refractivity contribution in [1.82, 2.24) is 0 Å². The molecule has 33 heavy (non-hydrogen) atoms. The third kappa shape index (κ3) is 5.28. The van der Waals surface area contributed by atoms with Crippen LogP contribution in [0.25, 0.3) is 11.6 Å². The van der Waals surface area contributed by atoms with Crippen molar-refractivity contribution in [3.8, 4) is 0 Å². The summed E-state index contributed by atoms with van der Waals surface area (Å²) in [6.45, 7) is 14.7. The maximum atomic E-state index is 10.7. The largest absolute Gasteiger partial charge is 0.411 e. The first-order valence-electron chi connectivity index (χ1n) is 12.3. The molecule has 0 saturated carbocycles. The van der Waals surface area contributed by atoms with Crippen LogP contribution in [-0.4, -0.2) is 17.2 Å². The molecule has 1 aliphatic heterocycles. The zero-order valence-corrected chi connectivity index (χ0v) is 22.0. The molecule has 1 N–H and O–H groups in total. The van der Waals surface area contributed by atoms with Gasteiger partial charge in [0.25, 0.3) is 0 Å². The van der Waals surface area contributed by atoms with Gasteiger partial charge in [-0.15, -0.1) is 0 Å². The Bertz CT molecular complexity index is 1020. The predicted molar refractivity (Wildman–Crippen MR) is 140 cm³/mol. The van der Waals surface area contributed by atoms with Crippen molar-refractivity contribution in [2.24, 2.45) is 0 Å². The predicted octanol–water partition coefficient (Wildman–Crippen LogP) is 8.07. The molecule has 4 heteroatoms. The van der Waals surface area contributed by atoms with Gasteiger partial charge in [0, 0.05) is 0 Å². The van der Waals surface area contributed by atoms with Crippen LogP contribution in [0.1, 0.15) is 95.0 Å². The molecular formula is C29H40O3P+. The minimum atomic E-state index is -2.74. The Morgan fingerprint density at radius 2 is 1.73 bits per heavy atom. The van der Waals surface area contributed by atoms with E-state index in [1.165, 1.54) is 40.7 Å². The zero-order valence-electron chi connectivity index (χ0n) is 21.1. The number of fused-ring (bicyclic) bond motifs is 1. The van der Waals surface area contributed by atoms with E-state index in [0.29, 0.717) is 13.2 Å². The van der Waals surface area contributed by atoms with Crippen LogP contribution in [0.15, 0.2) is 42.5 Å². The van der Waals surface area contributed by atoms with Gasteiger partial charge in [0.1, 0.15) is 12.3 Å². The number of allylic oxidation sites excluding steroid dienone is 1. The van der Waals surface area contributed by atoms with Crippen LogP contribution in [0.4, 0.5) is 0 Å². The van der Waals surface area contributed by atoms with Crippen LogP contribution in [0, 0.1) is 0 Å². The molecule has 178 valence electrons. The molecule has 2 aromatic carbocycles. The molecule has 0 amide bonds. The first kappa shape index (κ1) is 24.6. The second kappa shape index (κ2) is 9.27. The van der Waals surface area contributed by atoms with E-state index in [2.05, 4.69) is 83.2 Å². The summed E-state index contributed by atoms with van der Waals surface area (Å²) in [5.41, 5.74) is 8.33. The zero-order chi connectivity index (χ0) is 23.9. The molecule has 4 rings (SSSR count). The highest BCUT2D eigenvalue weighted by molar-refractivity contribution is 7.61. The maximum Gasteiger partial charge on any atom is 0.411 e.